The maximum absolute atomic E-state index is 15.0. The van der Waals surface area contributed by atoms with E-state index in [-0.39, 0.29) is 17.8 Å². The number of benzene rings is 1. The van der Waals surface area contributed by atoms with Crippen LogP contribution >= 0.6 is 0 Å². The van der Waals surface area contributed by atoms with Crippen molar-refractivity contribution in [3.63, 3.8) is 0 Å². The Kier molecular flexibility index (Phi) is 4.82. The second-order valence-corrected chi connectivity index (χ2v) is 8.07. The Morgan fingerprint density at radius 2 is 2.17 bits per heavy atom. The van der Waals surface area contributed by atoms with Gasteiger partial charge in [0.25, 0.3) is 0 Å². The summed E-state index contributed by atoms with van der Waals surface area (Å²) >= 11 is 0. The number of rotatable bonds is 4. The molecule has 9 heteroatoms. The first-order valence-corrected chi connectivity index (χ1v) is 10.2. The van der Waals surface area contributed by atoms with Crippen molar-refractivity contribution in [3.05, 3.63) is 43.1 Å². The van der Waals surface area contributed by atoms with E-state index < -0.39 is 6.17 Å². The van der Waals surface area contributed by atoms with Crippen LogP contribution in [0.3, 0.4) is 0 Å². The lowest BCUT2D eigenvalue weighted by Gasteiger charge is -2.45. The third-order valence-electron chi connectivity index (χ3n) is 6.23. The number of alkyl halides is 1. The lowest BCUT2D eigenvalue weighted by atomic mass is 9.82. The zero-order valence-corrected chi connectivity index (χ0v) is 16.7. The average molecular weight is 409 g/mol. The summed E-state index contributed by atoms with van der Waals surface area (Å²) in [5, 5.41) is 22.3. The number of halogens is 1. The molecule has 2 saturated heterocycles. The van der Waals surface area contributed by atoms with Gasteiger partial charge in [0, 0.05) is 37.6 Å². The first-order chi connectivity index (χ1) is 14.6. The molecular formula is C21H24FN7O. The molecule has 0 amide bonds. The van der Waals surface area contributed by atoms with E-state index in [1.807, 2.05) is 18.0 Å². The predicted molar refractivity (Wildman–Crippen MR) is 110 cm³/mol. The molecule has 0 aliphatic carbocycles. The molecule has 2 aliphatic heterocycles. The van der Waals surface area contributed by atoms with Crippen molar-refractivity contribution in [1.29, 1.82) is 0 Å². The third kappa shape index (κ3) is 3.39. The first-order valence-electron chi connectivity index (χ1n) is 10.2. The SMILES string of the molecule is CN(c1cnc(-c2ccc(-n3ccnc3)cc2O)nn1)[C@@H]1CC2CCCC(N2)[C@@H]1F. The number of phenolic OH excluding ortho intramolecular Hbond substituents is 1. The Morgan fingerprint density at radius 3 is 2.90 bits per heavy atom. The van der Waals surface area contributed by atoms with E-state index in [0.29, 0.717) is 23.2 Å². The normalized spacial score (nSPS) is 25.8. The standard InChI is InChI=1S/C21H24FN7O/c1-28(17-9-13-3-2-4-16(25-13)20(17)22)19-11-24-21(27-26-19)15-6-5-14(10-18(15)30)29-8-7-23-12-29/h5-8,10-13,16-17,20,25,30H,2-4,9H2,1H3/t13?,16?,17-,20+/m1/s1. The van der Waals surface area contributed by atoms with Gasteiger partial charge in [-0.15, -0.1) is 10.2 Å². The van der Waals surface area contributed by atoms with Crippen LogP contribution in [0.25, 0.3) is 17.1 Å². The van der Waals surface area contributed by atoms with Gasteiger partial charge in [-0.2, -0.15) is 0 Å². The Labute approximate surface area is 173 Å². The summed E-state index contributed by atoms with van der Waals surface area (Å²) < 4.78 is 16.8. The zero-order chi connectivity index (χ0) is 20.7. The van der Waals surface area contributed by atoms with Crippen LogP contribution in [-0.2, 0) is 0 Å². The van der Waals surface area contributed by atoms with Crippen LogP contribution in [0, 0.1) is 0 Å². The molecular weight excluding hydrogens is 385 g/mol. The molecule has 30 heavy (non-hydrogen) atoms. The first kappa shape index (κ1) is 18.9. The molecule has 5 rings (SSSR count). The Hall–Kier alpha value is -3.07. The summed E-state index contributed by atoms with van der Waals surface area (Å²) in [5.41, 5.74) is 1.27. The Morgan fingerprint density at radius 1 is 1.27 bits per heavy atom. The summed E-state index contributed by atoms with van der Waals surface area (Å²) in [6.45, 7) is 0. The van der Waals surface area contributed by atoms with Crippen molar-refractivity contribution in [2.24, 2.45) is 0 Å². The largest absolute Gasteiger partial charge is 0.507 e. The van der Waals surface area contributed by atoms with Crippen LogP contribution in [0.15, 0.2) is 43.1 Å². The highest BCUT2D eigenvalue weighted by Crippen LogP contribution is 2.32. The number of nitrogens with zero attached hydrogens (tertiary/aromatic N) is 6. The van der Waals surface area contributed by atoms with Crippen LogP contribution in [0.5, 0.6) is 5.75 Å². The van der Waals surface area contributed by atoms with Gasteiger partial charge in [-0.25, -0.2) is 14.4 Å². The second-order valence-electron chi connectivity index (χ2n) is 8.07. The molecule has 8 nitrogen and oxygen atoms in total. The number of anilines is 1. The van der Waals surface area contributed by atoms with E-state index in [4.69, 9.17) is 0 Å². The van der Waals surface area contributed by atoms with E-state index in [1.165, 1.54) is 0 Å². The van der Waals surface area contributed by atoms with Gasteiger partial charge < -0.3 is 19.9 Å². The second kappa shape index (κ2) is 7.64. The molecule has 2 unspecified atom stereocenters. The topological polar surface area (TPSA) is 92.0 Å². The minimum absolute atomic E-state index is 0.0547. The van der Waals surface area contributed by atoms with Gasteiger partial charge in [0.1, 0.15) is 11.9 Å². The fourth-order valence-electron chi connectivity index (χ4n) is 4.56. The number of piperidine rings is 2. The molecule has 4 atom stereocenters. The molecule has 1 aromatic carbocycles. The summed E-state index contributed by atoms with van der Waals surface area (Å²) in [6.07, 6.45) is 9.55. The molecule has 0 radical (unpaired) electrons. The smallest absolute Gasteiger partial charge is 0.185 e. The molecule has 2 aliphatic rings. The lowest BCUT2D eigenvalue weighted by molar-refractivity contribution is 0.107. The number of nitrogens with one attached hydrogen (secondary N) is 1. The van der Waals surface area contributed by atoms with E-state index >= 15 is 0 Å². The molecule has 0 saturated carbocycles. The summed E-state index contributed by atoms with van der Waals surface area (Å²) in [4.78, 5) is 10.2. The predicted octanol–water partition coefficient (Wildman–Crippen LogP) is 2.49. The van der Waals surface area contributed by atoms with E-state index in [9.17, 15) is 9.50 Å². The van der Waals surface area contributed by atoms with Crippen molar-refractivity contribution in [3.8, 4) is 22.8 Å². The molecule has 2 bridgehead atoms. The van der Waals surface area contributed by atoms with Crippen molar-refractivity contribution in [2.45, 2.75) is 50.0 Å². The molecule has 2 fully saturated rings. The number of phenols is 1. The van der Waals surface area contributed by atoms with E-state index in [0.717, 1.165) is 31.4 Å². The van der Waals surface area contributed by atoms with E-state index in [2.05, 4.69) is 25.5 Å². The van der Waals surface area contributed by atoms with Crippen LogP contribution in [0.1, 0.15) is 25.7 Å². The summed E-state index contributed by atoms with van der Waals surface area (Å²) in [6, 6.07) is 5.25. The molecule has 0 spiro atoms. The highest BCUT2D eigenvalue weighted by atomic mass is 19.1. The maximum atomic E-state index is 15.0. The van der Waals surface area contributed by atoms with Gasteiger partial charge in [0.2, 0.25) is 0 Å². The minimum Gasteiger partial charge on any atom is -0.507 e. The van der Waals surface area contributed by atoms with Crippen LogP contribution < -0.4 is 10.2 Å². The third-order valence-corrected chi connectivity index (χ3v) is 6.23. The van der Waals surface area contributed by atoms with E-state index in [1.54, 1.807) is 41.6 Å². The molecule has 156 valence electrons. The van der Waals surface area contributed by atoms with Gasteiger partial charge >= 0.3 is 0 Å². The lowest BCUT2D eigenvalue weighted by Crippen LogP contribution is -2.61. The summed E-state index contributed by atoms with van der Waals surface area (Å²) in [5.74, 6) is 0.904. The Balaban J connectivity index is 1.35. The average Bonchev–Trinajstić information content (AvgIpc) is 3.31. The van der Waals surface area contributed by atoms with Gasteiger partial charge in [-0.3, -0.25) is 0 Å². The molecule has 2 aromatic heterocycles. The number of aromatic nitrogens is 5. The fourth-order valence-corrected chi connectivity index (χ4v) is 4.56. The zero-order valence-electron chi connectivity index (χ0n) is 16.7. The summed E-state index contributed by atoms with van der Waals surface area (Å²) in [7, 11) is 1.85. The van der Waals surface area contributed by atoms with Crippen molar-refractivity contribution >= 4 is 5.82 Å². The molecule has 3 aromatic rings. The number of hydrogen-bond donors (Lipinski definition) is 2. The van der Waals surface area contributed by atoms with Crippen LogP contribution in [0.2, 0.25) is 0 Å². The molecule has 4 heterocycles. The number of imidazole rings is 1. The van der Waals surface area contributed by atoms with Crippen molar-refractivity contribution in [2.75, 3.05) is 11.9 Å². The van der Waals surface area contributed by atoms with Gasteiger partial charge in [-0.1, -0.05) is 6.42 Å². The number of fused-ring (bicyclic) bond motifs is 2. The quantitative estimate of drug-likeness (QED) is 0.684. The number of hydrogen-bond acceptors (Lipinski definition) is 7. The number of aromatic hydroxyl groups is 1. The maximum Gasteiger partial charge on any atom is 0.185 e. The van der Waals surface area contributed by atoms with Crippen LogP contribution in [-0.4, -0.2) is 61.2 Å². The highest BCUT2D eigenvalue weighted by Gasteiger charge is 2.42. The van der Waals surface area contributed by atoms with Gasteiger partial charge in [0.15, 0.2) is 11.6 Å². The van der Waals surface area contributed by atoms with Crippen molar-refractivity contribution < 1.29 is 9.50 Å². The van der Waals surface area contributed by atoms with Crippen LogP contribution in [0.4, 0.5) is 10.2 Å². The van der Waals surface area contributed by atoms with Crippen molar-refractivity contribution in [1.82, 2.24) is 30.0 Å². The fraction of sp³-hybridized carbons (Fsp3) is 0.429. The Bertz CT molecular complexity index is 1010. The minimum atomic E-state index is -0.951. The van der Waals surface area contributed by atoms with Gasteiger partial charge in [0.05, 0.1) is 29.8 Å². The van der Waals surface area contributed by atoms with Gasteiger partial charge in [-0.05, 0) is 31.4 Å². The molecule has 2 N–H and O–H groups in total. The highest BCUT2D eigenvalue weighted by molar-refractivity contribution is 5.66. The monoisotopic (exact) mass is 409 g/mol.